The Morgan fingerprint density at radius 1 is 1.50 bits per heavy atom. The predicted molar refractivity (Wildman–Crippen MR) is 64.1 cm³/mol. The fraction of sp³-hybridized carbons (Fsp3) is 0.417. The van der Waals surface area contributed by atoms with Crippen molar-refractivity contribution in [2.75, 3.05) is 13.1 Å². The smallest absolute Gasteiger partial charge is 0.258 e. The molecule has 0 bridgehead atoms. The van der Waals surface area contributed by atoms with Gasteiger partial charge in [-0.1, -0.05) is 13.8 Å². The van der Waals surface area contributed by atoms with Crippen LogP contribution in [0.25, 0.3) is 0 Å². The zero-order chi connectivity index (χ0) is 13.7. The van der Waals surface area contributed by atoms with Crippen molar-refractivity contribution in [3.63, 3.8) is 0 Å². The van der Waals surface area contributed by atoms with Crippen LogP contribution in [0.1, 0.15) is 24.2 Å². The molecule has 0 aliphatic carbocycles. The lowest BCUT2D eigenvalue weighted by Crippen LogP contribution is -2.41. The number of primary amides is 1. The van der Waals surface area contributed by atoms with Gasteiger partial charge in [0.1, 0.15) is 0 Å². The van der Waals surface area contributed by atoms with Gasteiger partial charge in [0.15, 0.2) is 0 Å². The zero-order valence-electron chi connectivity index (χ0n) is 10.4. The van der Waals surface area contributed by atoms with Gasteiger partial charge in [-0.15, -0.1) is 0 Å². The molecule has 0 spiro atoms. The van der Waals surface area contributed by atoms with Crippen molar-refractivity contribution in [2.45, 2.75) is 13.8 Å². The van der Waals surface area contributed by atoms with Crippen molar-refractivity contribution >= 4 is 11.8 Å². The minimum absolute atomic E-state index is 0.146. The minimum Gasteiger partial charge on any atom is -0.368 e. The Morgan fingerprint density at radius 2 is 2.17 bits per heavy atom. The van der Waals surface area contributed by atoms with E-state index in [0.717, 1.165) is 0 Å². The number of aromatic nitrogens is 1. The minimum atomic E-state index is -0.847. The molecule has 1 aromatic heterocycles. The fourth-order valence-electron chi connectivity index (χ4n) is 1.56. The summed E-state index contributed by atoms with van der Waals surface area (Å²) in [6.45, 7) is 3.88. The number of hydrogen-bond acceptors (Lipinski definition) is 3. The Balaban J connectivity index is 2.95. The van der Waals surface area contributed by atoms with Crippen LogP contribution < -0.4 is 5.73 Å². The van der Waals surface area contributed by atoms with Gasteiger partial charge in [-0.3, -0.25) is 9.59 Å². The third-order valence-corrected chi connectivity index (χ3v) is 2.21. The summed E-state index contributed by atoms with van der Waals surface area (Å²) < 4.78 is 13.4. The maximum Gasteiger partial charge on any atom is 0.258 e. The van der Waals surface area contributed by atoms with E-state index in [1.54, 1.807) is 0 Å². The van der Waals surface area contributed by atoms with Crippen LogP contribution in [0.5, 0.6) is 0 Å². The molecule has 0 aliphatic heterocycles. The van der Waals surface area contributed by atoms with Crippen LogP contribution in [0, 0.1) is 11.9 Å². The van der Waals surface area contributed by atoms with Crippen molar-refractivity contribution in [1.82, 2.24) is 9.88 Å². The summed E-state index contributed by atoms with van der Waals surface area (Å²) in [7, 11) is 0. The van der Waals surface area contributed by atoms with Gasteiger partial charge in [-0.2, -0.15) is 4.39 Å². The van der Waals surface area contributed by atoms with E-state index in [-0.39, 0.29) is 18.0 Å². The number of carbonyl (C=O) groups excluding carboxylic acids is 2. The average molecular weight is 253 g/mol. The van der Waals surface area contributed by atoms with Crippen molar-refractivity contribution in [3.8, 4) is 0 Å². The summed E-state index contributed by atoms with van der Waals surface area (Å²) in [5, 5.41) is 0. The molecule has 0 unspecified atom stereocenters. The molecular formula is C12H16FN3O2. The lowest BCUT2D eigenvalue weighted by molar-refractivity contribution is -0.118. The van der Waals surface area contributed by atoms with Crippen molar-refractivity contribution in [2.24, 2.45) is 11.7 Å². The summed E-state index contributed by atoms with van der Waals surface area (Å²) in [4.78, 5) is 27.6. The summed E-state index contributed by atoms with van der Waals surface area (Å²) in [6, 6.07) is 2.80. The Hall–Kier alpha value is -1.98. The van der Waals surface area contributed by atoms with Gasteiger partial charge in [0.05, 0.1) is 12.1 Å². The van der Waals surface area contributed by atoms with E-state index in [4.69, 9.17) is 5.73 Å². The molecule has 1 heterocycles. The number of nitrogens with zero attached hydrogens (tertiary/aromatic N) is 2. The number of pyridine rings is 1. The van der Waals surface area contributed by atoms with Crippen LogP contribution >= 0.6 is 0 Å². The molecule has 98 valence electrons. The molecule has 2 N–H and O–H groups in total. The fourth-order valence-corrected chi connectivity index (χ4v) is 1.56. The highest BCUT2D eigenvalue weighted by molar-refractivity contribution is 5.96. The quantitative estimate of drug-likeness (QED) is 0.789. The summed E-state index contributed by atoms with van der Waals surface area (Å²) in [6.07, 6.45) is 1.26. The zero-order valence-corrected chi connectivity index (χ0v) is 10.4. The van der Waals surface area contributed by atoms with Gasteiger partial charge in [0.2, 0.25) is 11.9 Å². The highest BCUT2D eigenvalue weighted by Crippen LogP contribution is 2.09. The van der Waals surface area contributed by atoms with Gasteiger partial charge < -0.3 is 10.6 Å². The molecule has 1 rings (SSSR count). The van der Waals surface area contributed by atoms with Crippen LogP contribution in [-0.4, -0.2) is 34.8 Å². The van der Waals surface area contributed by atoms with E-state index in [1.807, 2.05) is 13.8 Å². The molecule has 0 saturated heterocycles. The maximum absolute atomic E-state index is 13.4. The maximum atomic E-state index is 13.4. The highest BCUT2D eigenvalue weighted by Gasteiger charge is 2.21. The molecule has 0 saturated carbocycles. The number of halogens is 1. The predicted octanol–water partition coefficient (Wildman–Crippen LogP) is 0.804. The van der Waals surface area contributed by atoms with Crippen LogP contribution in [-0.2, 0) is 4.79 Å². The molecule has 18 heavy (non-hydrogen) atoms. The molecule has 6 heteroatoms. The second-order valence-corrected chi connectivity index (χ2v) is 4.39. The average Bonchev–Trinajstić information content (AvgIpc) is 2.26. The van der Waals surface area contributed by atoms with Gasteiger partial charge in [0.25, 0.3) is 5.91 Å². The lowest BCUT2D eigenvalue weighted by Gasteiger charge is -2.23. The second-order valence-electron chi connectivity index (χ2n) is 4.39. The van der Waals surface area contributed by atoms with E-state index in [0.29, 0.717) is 6.54 Å². The number of hydrogen-bond donors (Lipinski definition) is 1. The number of carbonyl (C=O) groups is 2. The lowest BCUT2D eigenvalue weighted by atomic mass is 10.1. The summed E-state index contributed by atoms with van der Waals surface area (Å²) in [5.74, 6) is -1.91. The van der Waals surface area contributed by atoms with E-state index in [9.17, 15) is 14.0 Å². The topological polar surface area (TPSA) is 76.3 Å². The van der Waals surface area contributed by atoms with Gasteiger partial charge in [0, 0.05) is 12.7 Å². The molecule has 0 radical (unpaired) electrons. The molecule has 0 atom stereocenters. The Morgan fingerprint density at radius 3 is 2.67 bits per heavy atom. The molecule has 0 aromatic carbocycles. The first kappa shape index (κ1) is 14.1. The van der Waals surface area contributed by atoms with Crippen LogP contribution in [0.15, 0.2) is 18.3 Å². The Kier molecular flexibility index (Phi) is 4.76. The monoisotopic (exact) mass is 253 g/mol. The number of nitrogens with two attached hydrogens (primary N) is 1. The van der Waals surface area contributed by atoms with Gasteiger partial charge >= 0.3 is 0 Å². The van der Waals surface area contributed by atoms with Gasteiger partial charge in [-0.05, 0) is 18.1 Å². The Labute approximate surface area is 105 Å². The molecule has 2 amide bonds. The number of rotatable bonds is 5. The highest BCUT2D eigenvalue weighted by atomic mass is 19.1. The standard InChI is InChI=1S/C12H16FN3O2/c1-8(2)6-16(7-10(14)17)12(18)9-4-3-5-15-11(9)13/h3-5,8H,6-7H2,1-2H3,(H2,14,17). The largest absolute Gasteiger partial charge is 0.368 e. The second kappa shape index (κ2) is 6.09. The van der Waals surface area contributed by atoms with E-state index >= 15 is 0 Å². The molecule has 0 aliphatic rings. The normalized spacial score (nSPS) is 10.4. The molecule has 5 nitrogen and oxygen atoms in total. The first-order chi connectivity index (χ1) is 8.41. The molecule has 0 fully saturated rings. The molecular weight excluding hydrogens is 237 g/mol. The summed E-state index contributed by atoms with van der Waals surface area (Å²) >= 11 is 0. The van der Waals surface area contributed by atoms with Gasteiger partial charge in [-0.25, -0.2) is 4.98 Å². The third-order valence-electron chi connectivity index (χ3n) is 2.21. The first-order valence-corrected chi connectivity index (χ1v) is 5.60. The molecule has 1 aromatic rings. The van der Waals surface area contributed by atoms with E-state index in [1.165, 1.54) is 23.2 Å². The number of amides is 2. The first-order valence-electron chi connectivity index (χ1n) is 5.60. The van der Waals surface area contributed by atoms with Crippen LogP contribution in [0.2, 0.25) is 0 Å². The third kappa shape index (κ3) is 3.80. The summed E-state index contributed by atoms with van der Waals surface area (Å²) in [5.41, 5.74) is 4.93. The van der Waals surface area contributed by atoms with Crippen LogP contribution in [0.3, 0.4) is 0 Å². The van der Waals surface area contributed by atoms with Crippen molar-refractivity contribution in [1.29, 1.82) is 0 Å². The van der Waals surface area contributed by atoms with E-state index in [2.05, 4.69) is 4.98 Å². The SMILES string of the molecule is CC(C)CN(CC(N)=O)C(=O)c1cccnc1F. The van der Waals surface area contributed by atoms with Crippen LogP contribution in [0.4, 0.5) is 4.39 Å². The Bertz CT molecular complexity index is 449. The van der Waals surface area contributed by atoms with Crippen molar-refractivity contribution in [3.05, 3.63) is 29.8 Å². The van der Waals surface area contributed by atoms with Crippen molar-refractivity contribution < 1.29 is 14.0 Å². The van der Waals surface area contributed by atoms with E-state index < -0.39 is 17.8 Å².